The number of amides is 2. The maximum atomic E-state index is 12.0. The Morgan fingerprint density at radius 1 is 0.969 bits per heavy atom. The van der Waals surface area contributed by atoms with Gasteiger partial charge in [0.05, 0.1) is 13.3 Å². The van der Waals surface area contributed by atoms with E-state index in [0.717, 1.165) is 5.56 Å². The first kappa shape index (κ1) is 22.8. The standard InChI is InChI=1S/C24H22ClN3O4/c1-31-22-12-18(10-11-21(22)32-16-17-6-3-2-4-7-17)15-26-28-24(30)14-23(29)27-20-9-5-8-19(25)13-20/h2-13,15H,14,16H2,1H3,(H,27,29)(H,28,30)/b26-15-. The van der Waals surface area contributed by atoms with E-state index in [-0.39, 0.29) is 6.42 Å². The second kappa shape index (κ2) is 11.5. The van der Waals surface area contributed by atoms with Gasteiger partial charge in [0.15, 0.2) is 11.5 Å². The molecule has 8 heteroatoms. The van der Waals surface area contributed by atoms with E-state index in [1.54, 1.807) is 49.6 Å². The van der Waals surface area contributed by atoms with Gasteiger partial charge < -0.3 is 14.8 Å². The van der Waals surface area contributed by atoms with Gasteiger partial charge in [-0.2, -0.15) is 5.10 Å². The van der Waals surface area contributed by atoms with Crippen LogP contribution in [0.1, 0.15) is 17.5 Å². The summed E-state index contributed by atoms with van der Waals surface area (Å²) in [4.78, 5) is 23.9. The Bertz CT molecular complexity index is 1100. The number of carbonyl (C=O) groups is 2. The Labute approximate surface area is 191 Å². The Morgan fingerprint density at radius 2 is 1.78 bits per heavy atom. The minimum absolute atomic E-state index is 0.376. The molecule has 0 fully saturated rings. The fourth-order valence-electron chi connectivity index (χ4n) is 2.75. The molecule has 7 nitrogen and oxygen atoms in total. The zero-order valence-electron chi connectivity index (χ0n) is 17.4. The van der Waals surface area contributed by atoms with Crippen LogP contribution in [-0.2, 0) is 16.2 Å². The highest BCUT2D eigenvalue weighted by Gasteiger charge is 2.09. The van der Waals surface area contributed by atoms with Crippen LogP contribution in [0.25, 0.3) is 0 Å². The zero-order chi connectivity index (χ0) is 22.8. The highest BCUT2D eigenvalue weighted by atomic mass is 35.5. The van der Waals surface area contributed by atoms with E-state index in [1.165, 1.54) is 6.21 Å². The molecule has 0 saturated heterocycles. The number of nitrogens with one attached hydrogen (secondary N) is 2. The lowest BCUT2D eigenvalue weighted by molar-refractivity contribution is -0.126. The van der Waals surface area contributed by atoms with Gasteiger partial charge in [-0.15, -0.1) is 0 Å². The van der Waals surface area contributed by atoms with Gasteiger partial charge in [-0.05, 0) is 47.5 Å². The maximum Gasteiger partial charge on any atom is 0.249 e. The summed E-state index contributed by atoms with van der Waals surface area (Å²) >= 11 is 5.87. The van der Waals surface area contributed by atoms with E-state index >= 15 is 0 Å². The van der Waals surface area contributed by atoms with Crippen LogP contribution >= 0.6 is 11.6 Å². The van der Waals surface area contributed by atoms with Crippen LogP contribution in [0.15, 0.2) is 77.9 Å². The van der Waals surface area contributed by atoms with Gasteiger partial charge in [-0.3, -0.25) is 9.59 Å². The van der Waals surface area contributed by atoms with Gasteiger partial charge in [0.1, 0.15) is 13.0 Å². The number of benzene rings is 3. The number of nitrogens with zero attached hydrogens (tertiary/aromatic N) is 1. The predicted molar refractivity (Wildman–Crippen MR) is 124 cm³/mol. The quantitative estimate of drug-likeness (QED) is 0.286. The molecule has 0 unspecified atom stereocenters. The molecule has 3 aromatic rings. The lowest BCUT2D eigenvalue weighted by Crippen LogP contribution is -2.24. The van der Waals surface area contributed by atoms with Crippen LogP contribution in [0.4, 0.5) is 5.69 Å². The number of anilines is 1. The molecular weight excluding hydrogens is 430 g/mol. The number of hydrogen-bond donors (Lipinski definition) is 2. The van der Waals surface area contributed by atoms with Crippen LogP contribution in [-0.4, -0.2) is 25.1 Å². The normalized spacial score (nSPS) is 10.6. The highest BCUT2D eigenvalue weighted by molar-refractivity contribution is 6.30. The van der Waals surface area contributed by atoms with Crippen molar-refractivity contribution in [2.24, 2.45) is 5.10 Å². The molecular formula is C24H22ClN3O4. The van der Waals surface area contributed by atoms with Gasteiger partial charge in [0.25, 0.3) is 0 Å². The van der Waals surface area contributed by atoms with E-state index in [2.05, 4.69) is 15.8 Å². The summed E-state index contributed by atoms with van der Waals surface area (Å²) in [7, 11) is 1.55. The SMILES string of the molecule is COc1cc(/C=N\NC(=O)CC(=O)Nc2cccc(Cl)c2)ccc1OCc1ccccc1. The molecule has 2 amide bonds. The first-order valence-corrected chi connectivity index (χ1v) is 10.1. The summed E-state index contributed by atoms with van der Waals surface area (Å²) in [6, 6.07) is 21.8. The van der Waals surface area contributed by atoms with Crippen molar-refractivity contribution < 1.29 is 19.1 Å². The number of rotatable bonds is 9. The lowest BCUT2D eigenvalue weighted by Gasteiger charge is -2.11. The molecule has 0 aliphatic heterocycles. The maximum absolute atomic E-state index is 12.0. The zero-order valence-corrected chi connectivity index (χ0v) is 18.1. The third kappa shape index (κ3) is 7.14. The molecule has 3 aromatic carbocycles. The Morgan fingerprint density at radius 3 is 2.53 bits per heavy atom. The van der Waals surface area contributed by atoms with Crippen LogP contribution in [0.5, 0.6) is 11.5 Å². The molecule has 0 radical (unpaired) electrons. The summed E-state index contributed by atoms with van der Waals surface area (Å²) in [5, 5.41) is 6.98. The minimum atomic E-state index is -0.546. The summed E-state index contributed by atoms with van der Waals surface area (Å²) in [5.74, 6) is 0.115. The number of methoxy groups -OCH3 is 1. The van der Waals surface area contributed by atoms with Crippen LogP contribution in [0.2, 0.25) is 5.02 Å². The third-order valence-corrected chi connectivity index (χ3v) is 4.49. The van der Waals surface area contributed by atoms with Gasteiger partial charge in [0.2, 0.25) is 11.8 Å². The van der Waals surface area contributed by atoms with Crippen molar-refractivity contribution in [1.29, 1.82) is 0 Å². The Kier molecular flexibility index (Phi) is 8.22. The molecule has 0 aliphatic rings. The number of halogens is 1. The van der Waals surface area contributed by atoms with E-state index in [9.17, 15) is 9.59 Å². The molecule has 32 heavy (non-hydrogen) atoms. The monoisotopic (exact) mass is 451 g/mol. The second-order valence-electron chi connectivity index (χ2n) is 6.71. The summed E-state index contributed by atoms with van der Waals surface area (Å²) in [6.07, 6.45) is 1.08. The van der Waals surface area contributed by atoms with Crippen molar-refractivity contribution in [2.75, 3.05) is 12.4 Å². The molecule has 164 valence electrons. The molecule has 3 rings (SSSR count). The Balaban J connectivity index is 1.50. The summed E-state index contributed by atoms with van der Waals surface area (Å²) < 4.78 is 11.2. The van der Waals surface area contributed by atoms with E-state index < -0.39 is 11.8 Å². The van der Waals surface area contributed by atoms with Gasteiger partial charge in [-0.1, -0.05) is 48.0 Å². The molecule has 0 aliphatic carbocycles. The van der Waals surface area contributed by atoms with Gasteiger partial charge >= 0.3 is 0 Å². The second-order valence-corrected chi connectivity index (χ2v) is 7.15. The number of hydrazone groups is 1. The summed E-state index contributed by atoms with van der Waals surface area (Å²) in [5.41, 5.74) is 4.58. The van der Waals surface area contributed by atoms with Crippen molar-refractivity contribution >= 4 is 35.3 Å². The molecule has 2 N–H and O–H groups in total. The highest BCUT2D eigenvalue weighted by Crippen LogP contribution is 2.28. The van der Waals surface area contributed by atoms with Gasteiger partial charge in [0, 0.05) is 10.7 Å². The van der Waals surface area contributed by atoms with E-state index in [4.69, 9.17) is 21.1 Å². The van der Waals surface area contributed by atoms with Crippen molar-refractivity contribution in [3.63, 3.8) is 0 Å². The average molecular weight is 452 g/mol. The number of ether oxygens (including phenoxy) is 2. The predicted octanol–water partition coefficient (Wildman–Crippen LogP) is 4.41. The molecule has 0 aromatic heterocycles. The summed E-state index contributed by atoms with van der Waals surface area (Å²) in [6.45, 7) is 0.415. The first-order chi connectivity index (χ1) is 15.5. The van der Waals surface area contributed by atoms with Crippen LogP contribution < -0.4 is 20.2 Å². The minimum Gasteiger partial charge on any atom is -0.493 e. The molecule has 0 bridgehead atoms. The molecule has 0 atom stereocenters. The van der Waals surface area contributed by atoms with Crippen molar-refractivity contribution in [3.8, 4) is 11.5 Å². The van der Waals surface area contributed by atoms with Crippen molar-refractivity contribution in [1.82, 2.24) is 5.43 Å². The number of hydrogen-bond acceptors (Lipinski definition) is 5. The fraction of sp³-hybridized carbons (Fsp3) is 0.125. The average Bonchev–Trinajstić information content (AvgIpc) is 2.78. The topological polar surface area (TPSA) is 89.0 Å². The third-order valence-electron chi connectivity index (χ3n) is 4.26. The number of carbonyl (C=O) groups excluding carboxylic acids is 2. The van der Waals surface area contributed by atoms with E-state index in [0.29, 0.717) is 34.4 Å². The van der Waals surface area contributed by atoms with Crippen molar-refractivity contribution in [3.05, 3.63) is 88.9 Å². The Hall–Kier alpha value is -3.84. The fourth-order valence-corrected chi connectivity index (χ4v) is 2.94. The molecule has 0 spiro atoms. The first-order valence-electron chi connectivity index (χ1n) is 9.75. The molecule has 0 heterocycles. The van der Waals surface area contributed by atoms with Gasteiger partial charge in [-0.25, -0.2) is 5.43 Å². The lowest BCUT2D eigenvalue weighted by atomic mass is 10.2. The van der Waals surface area contributed by atoms with Crippen LogP contribution in [0.3, 0.4) is 0 Å². The van der Waals surface area contributed by atoms with Crippen LogP contribution in [0, 0.1) is 0 Å². The molecule has 0 saturated carbocycles. The van der Waals surface area contributed by atoms with Crippen molar-refractivity contribution in [2.45, 2.75) is 13.0 Å². The smallest absolute Gasteiger partial charge is 0.249 e. The van der Waals surface area contributed by atoms with E-state index in [1.807, 2.05) is 30.3 Å². The largest absolute Gasteiger partial charge is 0.493 e.